The minimum absolute atomic E-state index is 0.187. The Labute approximate surface area is 119 Å². The van der Waals surface area contributed by atoms with Crippen molar-refractivity contribution < 1.29 is 4.92 Å². The summed E-state index contributed by atoms with van der Waals surface area (Å²) in [7, 11) is 0. The molecule has 0 N–H and O–H groups in total. The largest absolute Gasteiger partial charge is 0.269 e. The molecule has 0 atom stereocenters. The Morgan fingerprint density at radius 2 is 1.45 bits per heavy atom. The third-order valence-electron chi connectivity index (χ3n) is 3.40. The molecule has 3 heteroatoms. The Morgan fingerprint density at radius 3 is 2.15 bits per heavy atom. The van der Waals surface area contributed by atoms with Crippen LogP contribution in [0.5, 0.6) is 0 Å². The molecule has 0 bridgehead atoms. The Morgan fingerprint density at radius 1 is 0.800 bits per heavy atom. The molecule has 0 heterocycles. The van der Waals surface area contributed by atoms with Gasteiger partial charge in [-0.25, -0.2) is 0 Å². The van der Waals surface area contributed by atoms with Crippen LogP contribution in [0.25, 0.3) is 0 Å². The maximum absolute atomic E-state index is 10.7. The van der Waals surface area contributed by atoms with Gasteiger partial charge in [0.25, 0.3) is 5.69 Å². The molecule has 2 aromatic carbocycles. The summed E-state index contributed by atoms with van der Waals surface area (Å²) in [6.45, 7) is 0. The first-order chi connectivity index (χ1) is 9.75. The van der Waals surface area contributed by atoms with Crippen LogP contribution in [0, 0.1) is 10.1 Å². The standard InChI is InChI=1S/C17H19NO2/c19-18(20)17-13-7-12-16(14-17)11-6-2-5-10-15-8-3-1-4-9-15/h1,3-4,7-9,12-14H,2,5-6,10-11H2. The van der Waals surface area contributed by atoms with Gasteiger partial charge in [0.05, 0.1) is 4.92 Å². The highest BCUT2D eigenvalue weighted by Gasteiger charge is 2.05. The molecular formula is C17H19NO2. The van der Waals surface area contributed by atoms with Crippen LogP contribution in [-0.4, -0.2) is 4.92 Å². The van der Waals surface area contributed by atoms with Gasteiger partial charge < -0.3 is 0 Å². The van der Waals surface area contributed by atoms with Crippen molar-refractivity contribution in [3.63, 3.8) is 0 Å². The molecule has 0 aliphatic heterocycles. The van der Waals surface area contributed by atoms with Gasteiger partial charge in [0.15, 0.2) is 0 Å². The molecule has 0 fully saturated rings. The van der Waals surface area contributed by atoms with Crippen LogP contribution in [0.1, 0.15) is 30.4 Å². The number of unbranched alkanes of at least 4 members (excludes halogenated alkanes) is 2. The zero-order valence-electron chi connectivity index (χ0n) is 11.5. The van der Waals surface area contributed by atoms with Crippen molar-refractivity contribution in [1.82, 2.24) is 0 Å². The molecule has 0 radical (unpaired) electrons. The highest BCUT2D eigenvalue weighted by Crippen LogP contribution is 2.15. The predicted octanol–water partition coefficient (Wildman–Crippen LogP) is 4.55. The number of hydrogen-bond acceptors (Lipinski definition) is 2. The summed E-state index contributed by atoms with van der Waals surface area (Å²) in [6.07, 6.45) is 5.41. The molecule has 0 saturated heterocycles. The number of nitrogens with zero attached hydrogens (tertiary/aromatic N) is 1. The fourth-order valence-electron chi connectivity index (χ4n) is 2.31. The first-order valence-electron chi connectivity index (χ1n) is 7.03. The number of rotatable bonds is 7. The molecule has 0 amide bonds. The van der Waals surface area contributed by atoms with E-state index in [0.29, 0.717) is 0 Å². The number of hydrogen-bond donors (Lipinski definition) is 0. The third kappa shape index (κ3) is 4.50. The summed E-state index contributed by atoms with van der Waals surface area (Å²) in [4.78, 5) is 10.4. The average molecular weight is 269 g/mol. The lowest BCUT2D eigenvalue weighted by Crippen LogP contribution is -1.92. The second-order valence-electron chi connectivity index (χ2n) is 4.97. The predicted molar refractivity (Wildman–Crippen MR) is 80.8 cm³/mol. The minimum Gasteiger partial charge on any atom is -0.258 e. The minimum atomic E-state index is -0.334. The van der Waals surface area contributed by atoms with Crippen molar-refractivity contribution >= 4 is 5.69 Å². The lowest BCUT2D eigenvalue weighted by Gasteiger charge is -2.03. The third-order valence-corrected chi connectivity index (χ3v) is 3.40. The van der Waals surface area contributed by atoms with Gasteiger partial charge in [0.1, 0.15) is 0 Å². The fraction of sp³-hybridized carbons (Fsp3) is 0.294. The lowest BCUT2D eigenvalue weighted by molar-refractivity contribution is -0.384. The average Bonchev–Trinajstić information content (AvgIpc) is 2.48. The molecule has 2 aromatic rings. The maximum atomic E-state index is 10.7. The quantitative estimate of drug-likeness (QED) is 0.420. The van der Waals surface area contributed by atoms with Gasteiger partial charge in [0, 0.05) is 12.1 Å². The lowest BCUT2D eigenvalue weighted by atomic mass is 10.0. The molecule has 20 heavy (non-hydrogen) atoms. The summed E-state index contributed by atoms with van der Waals surface area (Å²) in [5, 5.41) is 10.7. The Hall–Kier alpha value is -2.16. The number of benzene rings is 2. The van der Waals surface area contributed by atoms with E-state index in [4.69, 9.17) is 0 Å². The number of nitro benzene ring substituents is 1. The first-order valence-corrected chi connectivity index (χ1v) is 7.03. The summed E-state index contributed by atoms with van der Waals surface area (Å²) in [6, 6.07) is 17.4. The van der Waals surface area contributed by atoms with E-state index < -0.39 is 0 Å². The fourth-order valence-corrected chi connectivity index (χ4v) is 2.31. The summed E-state index contributed by atoms with van der Waals surface area (Å²) in [5.41, 5.74) is 2.62. The van der Waals surface area contributed by atoms with Gasteiger partial charge >= 0.3 is 0 Å². The van der Waals surface area contributed by atoms with Gasteiger partial charge in [-0.2, -0.15) is 0 Å². The molecule has 0 saturated carbocycles. The van der Waals surface area contributed by atoms with Crippen molar-refractivity contribution in [1.29, 1.82) is 0 Å². The van der Waals surface area contributed by atoms with Crippen molar-refractivity contribution in [2.45, 2.75) is 32.1 Å². The second kappa shape index (κ2) is 7.43. The maximum Gasteiger partial charge on any atom is 0.269 e. The van der Waals surface area contributed by atoms with E-state index in [0.717, 1.165) is 31.2 Å². The van der Waals surface area contributed by atoms with Gasteiger partial charge in [-0.1, -0.05) is 48.9 Å². The van der Waals surface area contributed by atoms with Crippen molar-refractivity contribution in [2.75, 3.05) is 0 Å². The monoisotopic (exact) mass is 269 g/mol. The summed E-state index contributed by atoms with van der Waals surface area (Å²) in [5.74, 6) is 0. The van der Waals surface area contributed by atoms with E-state index in [9.17, 15) is 10.1 Å². The molecule has 0 aliphatic rings. The summed E-state index contributed by atoms with van der Waals surface area (Å²) < 4.78 is 0. The van der Waals surface area contributed by atoms with Crippen molar-refractivity contribution in [3.8, 4) is 0 Å². The number of nitro groups is 1. The van der Waals surface area contributed by atoms with E-state index >= 15 is 0 Å². The molecule has 0 aromatic heterocycles. The van der Waals surface area contributed by atoms with Crippen LogP contribution in [0.15, 0.2) is 54.6 Å². The highest BCUT2D eigenvalue weighted by molar-refractivity contribution is 5.34. The van der Waals surface area contributed by atoms with Gasteiger partial charge in [-0.3, -0.25) is 10.1 Å². The Kier molecular flexibility index (Phi) is 5.30. The molecule has 0 aliphatic carbocycles. The SMILES string of the molecule is O=[N+]([O-])c1cccc(CCCCCc2ccccc2)c1. The molecule has 3 nitrogen and oxygen atoms in total. The second-order valence-corrected chi connectivity index (χ2v) is 4.97. The van der Waals surface area contributed by atoms with Crippen LogP contribution >= 0.6 is 0 Å². The summed E-state index contributed by atoms with van der Waals surface area (Å²) >= 11 is 0. The van der Waals surface area contributed by atoms with Gasteiger partial charge in [-0.05, 0) is 36.8 Å². The zero-order valence-corrected chi connectivity index (χ0v) is 11.5. The molecule has 2 rings (SSSR count). The van der Waals surface area contributed by atoms with Crippen molar-refractivity contribution in [3.05, 3.63) is 75.8 Å². The van der Waals surface area contributed by atoms with Crippen molar-refractivity contribution in [2.24, 2.45) is 0 Å². The van der Waals surface area contributed by atoms with E-state index in [2.05, 4.69) is 24.3 Å². The van der Waals surface area contributed by atoms with E-state index in [1.54, 1.807) is 18.2 Å². The number of non-ortho nitro benzene ring substituents is 1. The van der Waals surface area contributed by atoms with Gasteiger partial charge in [-0.15, -0.1) is 0 Å². The molecule has 104 valence electrons. The van der Waals surface area contributed by atoms with Crippen LogP contribution in [0.2, 0.25) is 0 Å². The van der Waals surface area contributed by atoms with E-state index in [1.807, 2.05) is 12.1 Å². The topological polar surface area (TPSA) is 43.1 Å². The van der Waals surface area contributed by atoms with Crippen LogP contribution in [0.4, 0.5) is 5.69 Å². The molecule has 0 spiro atoms. The normalized spacial score (nSPS) is 10.4. The van der Waals surface area contributed by atoms with Crippen LogP contribution in [0.3, 0.4) is 0 Å². The van der Waals surface area contributed by atoms with Gasteiger partial charge in [0.2, 0.25) is 0 Å². The Bertz CT molecular complexity index is 552. The zero-order chi connectivity index (χ0) is 14.2. The van der Waals surface area contributed by atoms with Crippen LogP contribution < -0.4 is 0 Å². The van der Waals surface area contributed by atoms with E-state index in [-0.39, 0.29) is 10.6 Å². The molecule has 0 unspecified atom stereocenters. The first kappa shape index (κ1) is 14.3. The van der Waals surface area contributed by atoms with E-state index in [1.165, 1.54) is 12.0 Å². The van der Waals surface area contributed by atoms with Crippen LogP contribution in [-0.2, 0) is 12.8 Å². The smallest absolute Gasteiger partial charge is 0.258 e. The number of aryl methyl sites for hydroxylation is 2. The molecular weight excluding hydrogens is 250 g/mol. The Balaban J connectivity index is 1.71. The highest BCUT2D eigenvalue weighted by atomic mass is 16.6.